The first-order valence-electron chi connectivity index (χ1n) is 31.8. The number of rotatable bonds is 55. The molecule has 1 aliphatic heterocycles. The lowest BCUT2D eigenvalue weighted by Gasteiger charge is -2.40. The van der Waals surface area contributed by atoms with Gasteiger partial charge in [0, 0.05) is 12.8 Å². The number of hydrogen-bond donors (Lipinski definition) is 6. The molecule has 1 fully saturated rings. The summed E-state index contributed by atoms with van der Waals surface area (Å²) >= 11 is 0. The van der Waals surface area contributed by atoms with Gasteiger partial charge < -0.3 is 45.1 Å². The zero-order valence-corrected chi connectivity index (χ0v) is 48.5. The monoisotopic (exact) mass is 1060 g/mol. The van der Waals surface area contributed by atoms with Crippen molar-refractivity contribution in [2.75, 3.05) is 19.8 Å². The molecule has 1 saturated heterocycles. The quantitative estimate of drug-likeness (QED) is 0.0195. The molecule has 1 amide bonds. The van der Waals surface area contributed by atoms with Crippen LogP contribution in [-0.4, -0.2) is 100 Å². The Labute approximate surface area is 460 Å². The lowest BCUT2D eigenvalue weighted by Crippen LogP contribution is -2.60. The Kier molecular flexibility index (Phi) is 50.9. The molecule has 0 radical (unpaired) electrons. The summed E-state index contributed by atoms with van der Waals surface area (Å²) in [5.74, 6) is -0.192. The van der Waals surface area contributed by atoms with Gasteiger partial charge in [-0.2, -0.15) is 0 Å². The zero-order chi connectivity index (χ0) is 54.5. The summed E-state index contributed by atoms with van der Waals surface area (Å²) in [5.41, 5.74) is 0. The number of hydrogen-bond acceptors (Lipinski definition) is 10. The predicted molar refractivity (Wildman–Crippen MR) is 311 cm³/mol. The van der Waals surface area contributed by atoms with Crippen LogP contribution in [0.4, 0.5) is 0 Å². The minimum Gasteiger partial charge on any atom is -0.466 e. The van der Waals surface area contributed by atoms with Gasteiger partial charge in [0.25, 0.3) is 0 Å². The van der Waals surface area contributed by atoms with E-state index in [1.165, 1.54) is 199 Å². The van der Waals surface area contributed by atoms with Gasteiger partial charge in [-0.05, 0) is 51.4 Å². The number of unbranched alkanes of at least 4 members (excludes halogenated alkanes) is 37. The summed E-state index contributed by atoms with van der Waals surface area (Å²) in [6.45, 7) is 4.29. The average molecular weight is 1060 g/mol. The van der Waals surface area contributed by atoms with Gasteiger partial charge in [-0.15, -0.1) is 0 Å². The van der Waals surface area contributed by atoms with Gasteiger partial charge in [-0.1, -0.05) is 269 Å². The van der Waals surface area contributed by atoms with Gasteiger partial charge in [-0.3, -0.25) is 9.59 Å². The minimum absolute atomic E-state index is 0.00330. The fourth-order valence-electron chi connectivity index (χ4n) is 9.92. The average Bonchev–Trinajstić information content (AvgIpc) is 3.41. The second kappa shape index (κ2) is 53.9. The highest BCUT2D eigenvalue weighted by molar-refractivity contribution is 5.76. The summed E-state index contributed by atoms with van der Waals surface area (Å²) in [7, 11) is 0. The molecule has 1 aliphatic rings. The van der Waals surface area contributed by atoms with E-state index in [1.807, 2.05) is 6.08 Å². The molecule has 0 bridgehead atoms. The third-order valence-corrected chi connectivity index (χ3v) is 15.0. The largest absolute Gasteiger partial charge is 0.466 e. The number of ether oxygens (including phenoxy) is 3. The van der Waals surface area contributed by atoms with Gasteiger partial charge in [0.15, 0.2) is 6.29 Å². The summed E-state index contributed by atoms with van der Waals surface area (Å²) in [5, 5.41) is 54.3. The standard InChI is InChI=1S/C64H119NO10/c1-3-5-7-9-11-13-15-31-34-38-42-46-50-57(67)56(55-74-64-63(72)62(71)61(70)58(54-66)75-64)65-59(68)51-47-43-39-35-32-28-26-24-22-20-18-16-17-19-21-23-25-27-29-33-37-41-45-49-53-73-60(69)52-48-44-40-36-30-14-12-10-8-6-4-2/h9,11,31,34,46,50,56-58,61-64,66-67,70-72H,3-8,10,12-30,32-33,35-45,47-49,51-55H2,1-2H3,(H,65,68)/b11-9+,34-31+,50-46+. The van der Waals surface area contributed by atoms with Crippen molar-refractivity contribution in [1.82, 2.24) is 5.32 Å². The molecule has 6 N–H and O–H groups in total. The van der Waals surface area contributed by atoms with Crippen LogP contribution in [0.1, 0.15) is 296 Å². The van der Waals surface area contributed by atoms with Gasteiger partial charge in [-0.25, -0.2) is 0 Å². The maximum atomic E-state index is 13.0. The highest BCUT2D eigenvalue weighted by atomic mass is 16.7. The van der Waals surface area contributed by atoms with E-state index in [0.29, 0.717) is 19.4 Å². The number of nitrogens with one attached hydrogen (secondary N) is 1. The summed E-state index contributed by atoms with van der Waals surface area (Å²) in [6.07, 6.45) is 56.8. The van der Waals surface area contributed by atoms with E-state index in [1.54, 1.807) is 6.08 Å². The molecule has 7 atom stereocenters. The highest BCUT2D eigenvalue weighted by Gasteiger charge is 2.44. The molecular formula is C64H119NO10. The molecular weight excluding hydrogens is 943 g/mol. The maximum absolute atomic E-state index is 13.0. The Morgan fingerprint density at radius 3 is 1.31 bits per heavy atom. The molecule has 11 nitrogen and oxygen atoms in total. The number of amides is 1. The third kappa shape index (κ3) is 43.4. The maximum Gasteiger partial charge on any atom is 0.305 e. The van der Waals surface area contributed by atoms with E-state index in [0.717, 1.165) is 70.6 Å². The van der Waals surface area contributed by atoms with Gasteiger partial charge >= 0.3 is 5.97 Å². The van der Waals surface area contributed by atoms with E-state index >= 15 is 0 Å². The fourth-order valence-corrected chi connectivity index (χ4v) is 9.92. The molecule has 0 aromatic rings. The van der Waals surface area contributed by atoms with Gasteiger partial charge in [0.05, 0.1) is 32.0 Å². The predicted octanol–water partition coefficient (Wildman–Crippen LogP) is 15.1. The minimum atomic E-state index is -1.58. The first-order chi connectivity index (χ1) is 36.7. The van der Waals surface area contributed by atoms with Crippen LogP contribution < -0.4 is 5.32 Å². The van der Waals surface area contributed by atoms with Crippen molar-refractivity contribution < 1.29 is 49.3 Å². The normalized spacial score (nSPS) is 18.9. The number of allylic oxidation sites excluding steroid dienone is 5. The van der Waals surface area contributed by atoms with Crippen molar-refractivity contribution in [3.8, 4) is 0 Å². The molecule has 0 aromatic heterocycles. The summed E-state index contributed by atoms with van der Waals surface area (Å²) < 4.78 is 16.7. The van der Waals surface area contributed by atoms with E-state index < -0.39 is 49.5 Å². The third-order valence-electron chi connectivity index (χ3n) is 15.0. The molecule has 0 aliphatic carbocycles. The Bertz CT molecular complexity index is 1340. The van der Waals surface area contributed by atoms with Crippen LogP contribution in [0.5, 0.6) is 0 Å². The first-order valence-corrected chi connectivity index (χ1v) is 31.8. The van der Waals surface area contributed by atoms with Crippen LogP contribution in [0.15, 0.2) is 36.5 Å². The molecule has 440 valence electrons. The number of esters is 1. The van der Waals surface area contributed by atoms with Crippen LogP contribution >= 0.6 is 0 Å². The Morgan fingerprint density at radius 1 is 0.480 bits per heavy atom. The van der Waals surface area contributed by atoms with Crippen LogP contribution in [0.3, 0.4) is 0 Å². The molecule has 1 heterocycles. The summed E-state index contributed by atoms with van der Waals surface area (Å²) in [4.78, 5) is 25.0. The highest BCUT2D eigenvalue weighted by Crippen LogP contribution is 2.23. The molecule has 0 aromatic carbocycles. The van der Waals surface area contributed by atoms with Gasteiger partial charge in [0.2, 0.25) is 5.91 Å². The molecule has 1 rings (SSSR count). The smallest absolute Gasteiger partial charge is 0.305 e. The van der Waals surface area contributed by atoms with Crippen molar-refractivity contribution in [1.29, 1.82) is 0 Å². The number of aliphatic hydroxyl groups is 5. The number of carbonyl (C=O) groups excluding carboxylic acids is 2. The Morgan fingerprint density at radius 2 is 0.867 bits per heavy atom. The van der Waals surface area contributed by atoms with Crippen molar-refractivity contribution in [3.63, 3.8) is 0 Å². The number of carbonyl (C=O) groups is 2. The van der Waals surface area contributed by atoms with Crippen LogP contribution in [-0.2, 0) is 23.8 Å². The van der Waals surface area contributed by atoms with Crippen molar-refractivity contribution in [3.05, 3.63) is 36.5 Å². The molecule has 7 unspecified atom stereocenters. The van der Waals surface area contributed by atoms with Crippen molar-refractivity contribution >= 4 is 11.9 Å². The summed E-state index contributed by atoms with van der Waals surface area (Å²) in [6, 6.07) is -0.833. The van der Waals surface area contributed by atoms with Crippen LogP contribution in [0.2, 0.25) is 0 Å². The Balaban J connectivity index is 2.02. The van der Waals surface area contributed by atoms with Gasteiger partial charge in [0.1, 0.15) is 24.4 Å². The van der Waals surface area contributed by atoms with E-state index in [-0.39, 0.29) is 18.5 Å². The van der Waals surface area contributed by atoms with Crippen molar-refractivity contribution in [2.24, 2.45) is 0 Å². The second-order valence-corrected chi connectivity index (χ2v) is 22.1. The Hall–Kier alpha value is -2.12. The van der Waals surface area contributed by atoms with Crippen molar-refractivity contribution in [2.45, 2.75) is 339 Å². The lowest BCUT2D eigenvalue weighted by molar-refractivity contribution is -0.302. The fraction of sp³-hybridized carbons (Fsp3) is 0.875. The van der Waals surface area contributed by atoms with Crippen LogP contribution in [0.25, 0.3) is 0 Å². The van der Waals surface area contributed by atoms with E-state index in [9.17, 15) is 35.1 Å². The molecule has 11 heteroatoms. The van der Waals surface area contributed by atoms with E-state index in [4.69, 9.17) is 14.2 Å². The first kappa shape index (κ1) is 70.9. The topological polar surface area (TPSA) is 175 Å². The molecule has 0 spiro atoms. The molecule has 75 heavy (non-hydrogen) atoms. The van der Waals surface area contributed by atoms with Crippen LogP contribution in [0, 0.1) is 0 Å². The van der Waals surface area contributed by atoms with E-state index in [2.05, 4.69) is 43.5 Å². The lowest BCUT2D eigenvalue weighted by atomic mass is 9.99. The zero-order valence-electron chi connectivity index (χ0n) is 48.5. The SMILES string of the molecule is CCCC/C=C/CC/C=C/CC/C=C/C(O)C(COC1OC(CO)C(O)C(O)C1O)NC(=O)CCCCCCCCCCCCCCCCCCCCCCCCCCOC(=O)CCCCCCCCCCCCC. The molecule has 0 saturated carbocycles. The second-order valence-electron chi connectivity index (χ2n) is 22.1. The number of aliphatic hydroxyl groups excluding tert-OH is 5.